The number of allylic oxidation sites excluding steroid dienone is 1. The van der Waals surface area contributed by atoms with E-state index in [1.807, 2.05) is 0 Å². The molecule has 1 N–H and O–H groups in total. The van der Waals surface area contributed by atoms with E-state index in [-0.39, 0.29) is 24.3 Å². The molecule has 0 saturated carbocycles. The van der Waals surface area contributed by atoms with E-state index in [1.165, 1.54) is 6.92 Å². The van der Waals surface area contributed by atoms with Crippen molar-refractivity contribution in [2.24, 2.45) is 0 Å². The van der Waals surface area contributed by atoms with Crippen molar-refractivity contribution < 1.29 is 42.9 Å². The first kappa shape index (κ1) is 33.1. The van der Waals surface area contributed by atoms with Gasteiger partial charge in [-0.1, -0.05) is 60.7 Å². The van der Waals surface area contributed by atoms with Gasteiger partial charge in [0.15, 0.2) is 18.5 Å². The summed E-state index contributed by atoms with van der Waals surface area (Å²) in [5.74, 6) is -2.53. The van der Waals surface area contributed by atoms with Gasteiger partial charge in [-0.3, -0.25) is 4.79 Å². The summed E-state index contributed by atoms with van der Waals surface area (Å²) >= 11 is 0. The third kappa shape index (κ3) is 9.59. The van der Waals surface area contributed by atoms with Crippen LogP contribution in [0.25, 0.3) is 0 Å². The maximum atomic E-state index is 13.4. The molecule has 1 aliphatic rings. The van der Waals surface area contributed by atoms with Gasteiger partial charge in [-0.25, -0.2) is 14.4 Å². The van der Waals surface area contributed by atoms with E-state index < -0.39 is 54.5 Å². The number of nitrogens with one attached hydrogen (secondary N) is 1. The number of carbonyl (C=O) groups is 4. The van der Waals surface area contributed by atoms with Gasteiger partial charge in [-0.15, -0.1) is 6.58 Å². The molecule has 3 aromatic rings. The minimum atomic E-state index is -1.31. The highest BCUT2D eigenvalue weighted by Crippen LogP contribution is 2.29. The SMILES string of the molecule is C=CCCCCOC1OC(COC(=O)c2ccccc2)C(OC(=O)c2ccccc2)C(OC(=O)c2ccccc2)C1NC(C)=O. The topological polar surface area (TPSA) is 126 Å². The van der Waals surface area contributed by atoms with Crippen molar-refractivity contribution in [3.63, 3.8) is 0 Å². The number of hydrogen-bond donors (Lipinski definition) is 1. The number of ether oxygens (including phenoxy) is 5. The molecule has 10 heteroatoms. The van der Waals surface area contributed by atoms with Crippen LogP contribution in [0.2, 0.25) is 0 Å². The van der Waals surface area contributed by atoms with Crippen LogP contribution in [0.15, 0.2) is 104 Å². The van der Waals surface area contributed by atoms with Gasteiger partial charge < -0.3 is 29.0 Å². The largest absolute Gasteiger partial charge is 0.459 e. The second-order valence-electron chi connectivity index (χ2n) is 10.4. The Morgan fingerprint density at radius 2 is 1.27 bits per heavy atom. The molecule has 5 atom stereocenters. The van der Waals surface area contributed by atoms with Crippen molar-refractivity contribution in [2.45, 2.75) is 56.8 Å². The fourth-order valence-electron chi connectivity index (χ4n) is 4.79. The molecule has 0 aliphatic carbocycles. The monoisotopic (exact) mass is 615 g/mol. The van der Waals surface area contributed by atoms with Gasteiger partial charge in [0.05, 0.1) is 16.7 Å². The lowest BCUT2D eigenvalue weighted by Crippen LogP contribution is -2.66. The van der Waals surface area contributed by atoms with Crippen LogP contribution in [-0.4, -0.2) is 67.7 Å². The van der Waals surface area contributed by atoms with Crippen molar-refractivity contribution in [3.8, 4) is 0 Å². The van der Waals surface area contributed by atoms with Crippen molar-refractivity contribution in [3.05, 3.63) is 120 Å². The van der Waals surface area contributed by atoms with Gasteiger partial charge in [0.1, 0.15) is 18.8 Å². The van der Waals surface area contributed by atoms with E-state index in [0.29, 0.717) is 12.0 Å². The standard InChI is InChI=1S/C35H37NO9/c1-3-4-5-15-22-41-35-29(36-24(2)37)31(45-34(40)27-20-13-8-14-21-27)30(44-33(39)26-18-11-7-12-19-26)28(43-35)23-42-32(38)25-16-9-6-10-17-25/h3,6-14,16-21,28-31,35H,1,4-5,15,22-23H2,2H3,(H,36,37). The van der Waals surface area contributed by atoms with Gasteiger partial charge in [0.25, 0.3) is 0 Å². The Kier molecular flexibility index (Phi) is 12.4. The summed E-state index contributed by atoms with van der Waals surface area (Å²) in [6, 6.07) is 23.8. The first-order valence-corrected chi connectivity index (χ1v) is 14.8. The number of amides is 1. The molecule has 4 rings (SSSR count). The quantitative estimate of drug-likeness (QED) is 0.117. The molecule has 1 aliphatic heterocycles. The number of benzene rings is 3. The number of unbranched alkanes of at least 4 members (excludes halogenated alkanes) is 2. The van der Waals surface area contributed by atoms with Crippen molar-refractivity contribution in [1.29, 1.82) is 0 Å². The fraction of sp³-hybridized carbons (Fsp3) is 0.314. The molecule has 10 nitrogen and oxygen atoms in total. The predicted octanol–water partition coefficient (Wildman–Crippen LogP) is 4.90. The maximum Gasteiger partial charge on any atom is 0.338 e. The first-order valence-electron chi connectivity index (χ1n) is 14.8. The molecule has 0 spiro atoms. The van der Waals surface area contributed by atoms with Crippen LogP contribution < -0.4 is 5.32 Å². The zero-order valence-electron chi connectivity index (χ0n) is 25.0. The smallest absolute Gasteiger partial charge is 0.338 e. The van der Waals surface area contributed by atoms with Crippen LogP contribution >= 0.6 is 0 Å². The summed E-state index contributed by atoms with van der Waals surface area (Å²) in [6.45, 7) is 4.91. The third-order valence-electron chi connectivity index (χ3n) is 6.99. The molecule has 0 radical (unpaired) electrons. The van der Waals surface area contributed by atoms with Gasteiger partial charge >= 0.3 is 17.9 Å². The zero-order chi connectivity index (χ0) is 32.0. The van der Waals surface area contributed by atoms with Crippen LogP contribution in [-0.2, 0) is 28.5 Å². The molecule has 3 aromatic carbocycles. The molecular formula is C35H37NO9. The van der Waals surface area contributed by atoms with Crippen molar-refractivity contribution in [1.82, 2.24) is 5.32 Å². The second-order valence-corrected chi connectivity index (χ2v) is 10.4. The van der Waals surface area contributed by atoms with Crippen LogP contribution in [0.3, 0.4) is 0 Å². The Hall–Kier alpha value is -4.80. The highest BCUT2D eigenvalue weighted by atomic mass is 16.7. The highest BCUT2D eigenvalue weighted by Gasteiger charge is 2.52. The van der Waals surface area contributed by atoms with E-state index >= 15 is 0 Å². The molecule has 1 saturated heterocycles. The van der Waals surface area contributed by atoms with E-state index in [0.717, 1.165) is 12.8 Å². The highest BCUT2D eigenvalue weighted by molar-refractivity contribution is 5.91. The fourth-order valence-corrected chi connectivity index (χ4v) is 4.79. The molecule has 236 valence electrons. The lowest BCUT2D eigenvalue weighted by atomic mass is 9.95. The maximum absolute atomic E-state index is 13.4. The van der Waals surface area contributed by atoms with E-state index in [9.17, 15) is 19.2 Å². The summed E-state index contributed by atoms with van der Waals surface area (Å²) in [5.41, 5.74) is 0.791. The Morgan fingerprint density at radius 3 is 1.78 bits per heavy atom. The van der Waals surface area contributed by atoms with Crippen LogP contribution in [0.5, 0.6) is 0 Å². The normalized spacial score (nSPS) is 20.8. The van der Waals surface area contributed by atoms with Crippen molar-refractivity contribution >= 4 is 23.8 Å². The third-order valence-corrected chi connectivity index (χ3v) is 6.99. The molecule has 5 unspecified atom stereocenters. The molecule has 0 bridgehead atoms. The van der Waals surface area contributed by atoms with Crippen LogP contribution in [0.4, 0.5) is 0 Å². The summed E-state index contributed by atoms with van der Waals surface area (Å²) in [4.78, 5) is 52.0. The van der Waals surface area contributed by atoms with Gasteiger partial charge in [0.2, 0.25) is 5.91 Å². The Balaban J connectivity index is 1.68. The summed E-state index contributed by atoms with van der Waals surface area (Å²) in [6.07, 6.45) is -0.820. The van der Waals surface area contributed by atoms with Crippen LogP contribution in [0.1, 0.15) is 57.3 Å². The Bertz CT molecular complexity index is 1410. The number of carbonyl (C=O) groups excluding carboxylic acids is 4. The first-order chi connectivity index (χ1) is 21.9. The number of rotatable bonds is 14. The lowest BCUT2D eigenvalue weighted by Gasteiger charge is -2.45. The van der Waals surface area contributed by atoms with Gasteiger partial charge in [-0.05, 0) is 55.7 Å². The Labute approximate surface area is 262 Å². The molecular weight excluding hydrogens is 578 g/mol. The van der Waals surface area contributed by atoms with E-state index in [2.05, 4.69) is 11.9 Å². The van der Waals surface area contributed by atoms with Crippen molar-refractivity contribution in [2.75, 3.05) is 13.2 Å². The minimum absolute atomic E-state index is 0.238. The number of hydrogen-bond acceptors (Lipinski definition) is 9. The molecule has 1 heterocycles. The van der Waals surface area contributed by atoms with Gasteiger partial charge in [0, 0.05) is 13.5 Å². The van der Waals surface area contributed by atoms with Crippen LogP contribution in [0, 0.1) is 0 Å². The summed E-state index contributed by atoms with van der Waals surface area (Å²) in [7, 11) is 0. The molecule has 45 heavy (non-hydrogen) atoms. The Morgan fingerprint density at radius 1 is 0.756 bits per heavy atom. The number of esters is 3. The molecule has 1 amide bonds. The van der Waals surface area contributed by atoms with E-state index in [4.69, 9.17) is 23.7 Å². The zero-order valence-corrected chi connectivity index (χ0v) is 25.0. The summed E-state index contributed by atoms with van der Waals surface area (Å²) in [5, 5.41) is 2.76. The summed E-state index contributed by atoms with van der Waals surface area (Å²) < 4.78 is 29.9. The molecule has 1 fully saturated rings. The van der Waals surface area contributed by atoms with E-state index in [1.54, 1.807) is 97.1 Å². The predicted molar refractivity (Wildman–Crippen MR) is 164 cm³/mol. The minimum Gasteiger partial charge on any atom is -0.459 e. The molecule has 0 aromatic heterocycles. The average Bonchev–Trinajstić information content (AvgIpc) is 3.06. The lowest BCUT2D eigenvalue weighted by molar-refractivity contribution is -0.269. The van der Waals surface area contributed by atoms with Gasteiger partial charge in [-0.2, -0.15) is 0 Å². The average molecular weight is 616 g/mol. The second kappa shape index (κ2) is 16.9.